The summed E-state index contributed by atoms with van der Waals surface area (Å²) in [5.74, 6) is -0.463. The number of carbonyl (C=O) groups is 1. The lowest BCUT2D eigenvalue weighted by molar-refractivity contribution is -0.385. The lowest BCUT2D eigenvalue weighted by Gasteiger charge is -2.43. The lowest BCUT2D eigenvalue weighted by atomic mass is 9.81. The average molecular weight is 763 g/mol. The first kappa shape index (κ1) is 35.3. The minimum Gasteiger partial charge on any atom is -0.455 e. The highest BCUT2D eigenvalue weighted by molar-refractivity contribution is 7.90. The molecule has 1 atom stereocenters. The lowest BCUT2D eigenvalue weighted by Crippen LogP contribution is -2.48. The van der Waals surface area contributed by atoms with Gasteiger partial charge in [-0.1, -0.05) is 48.0 Å². The van der Waals surface area contributed by atoms with Crippen LogP contribution in [0, 0.1) is 10.1 Å². The van der Waals surface area contributed by atoms with Crippen LogP contribution in [0.15, 0.2) is 114 Å². The van der Waals surface area contributed by atoms with Gasteiger partial charge in [-0.05, 0) is 84.0 Å². The number of rotatable bonds is 9. The topological polar surface area (TPSA) is 151 Å². The average Bonchev–Trinajstić information content (AvgIpc) is 3.66. The first-order valence-electron chi connectivity index (χ1n) is 17.6. The van der Waals surface area contributed by atoms with Gasteiger partial charge < -0.3 is 14.6 Å². The van der Waals surface area contributed by atoms with E-state index in [4.69, 9.17) is 16.3 Å². The Morgan fingerprint density at radius 3 is 2.56 bits per heavy atom. The minimum absolute atomic E-state index is 0.0332. The number of piperazine rings is 1. The van der Waals surface area contributed by atoms with Crippen LogP contribution < -0.4 is 14.4 Å². The molecule has 14 heteroatoms. The molecule has 4 aromatic carbocycles. The number of nitro benzene ring substituents is 1. The summed E-state index contributed by atoms with van der Waals surface area (Å²) in [6.07, 6.45) is 6.51. The number of hydrogen-bond donors (Lipinski definition) is 2. The quantitative estimate of drug-likeness (QED) is 0.111. The van der Waals surface area contributed by atoms with Crippen LogP contribution in [0.4, 0.5) is 11.4 Å². The Bertz CT molecular complexity index is 2500. The zero-order valence-electron chi connectivity index (χ0n) is 28.9. The molecule has 1 saturated heterocycles. The van der Waals surface area contributed by atoms with Gasteiger partial charge >= 0.3 is 0 Å². The zero-order chi connectivity index (χ0) is 37.4. The predicted molar refractivity (Wildman–Crippen MR) is 207 cm³/mol. The number of H-pyrrole nitrogens is 1. The number of non-ortho nitro benzene ring substituents is 1. The molecule has 274 valence electrons. The van der Waals surface area contributed by atoms with Crippen molar-refractivity contribution in [3.05, 3.63) is 141 Å². The molecule has 0 saturated carbocycles. The van der Waals surface area contributed by atoms with Gasteiger partial charge in [-0.15, -0.1) is 0 Å². The SMILES string of the molecule is O=C(NS(=O)(=O)c1cccc([N+](=O)[O-])c1)c1ccc(N2CCN(C3CCCc4cccc(-c5ccc(Cl)cc5)c43)CC2)cc1Oc1cnc2[nH]ccc2c1. The van der Waals surface area contributed by atoms with E-state index in [1.165, 1.54) is 47.2 Å². The molecule has 8 rings (SSSR count). The number of nitrogens with zero attached hydrogens (tertiary/aromatic N) is 4. The third-order valence-electron chi connectivity index (χ3n) is 10.1. The van der Waals surface area contributed by atoms with Gasteiger partial charge in [-0.25, -0.2) is 18.1 Å². The third-order valence-corrected chi connectivity index (χ3v) is 11.7. The van der Waals surface area contributed by atoms with Gasteiger partial charge in [0.15, 0.2) is 0 Å². The highest BCUT2D eigenvalue weighted by Gasteiger charge is 2.32. The van der Waals surface area contributed by atoms with Crippen LogP contribution in [0.1, 0.15) is 40.4 Å². The molecule has 1 aliphatic carbocycles. The second-order valence-corrected chi connectivity index (χ2v) is 15.5. The number of carbonyl (C=O) groups excluding carboxylic acids is 1. The molecule has 1 unspecified atom stereocenters. The van der Waals surface area contributed by atoms with E-state index in [0.29, 0.717) is 16.4 Å². The fourth-order valence-corrected chi connectivity index (χ4v) is 8.61. The Balaban J connectivity index is 1.05. The summed E-state index contributed by atoms with van der Waals surface area (Å²) in [6, 6.07) is 28.1. The van der Waals surface area contributed by atoms with Gasteiger partial charge in [0.1, 0.15) is 17.1 Å². The maximum absolute atomic E-state index is 13.6. The minimum atomic E-state index is -4.46. The number of hydrogen-bond acceptors (Lipinski definition) is 9. The Morgan fingerprint density at radius 1 is 0.963 bits per heavy atom. The number of nitro groups is 1. The van der Waals surface area contributed by atoms with E-state index in [2.05, 4.69) is 54.8 Å². The fraction of sp³-hybridized carbons (Fsp3) is 0.200. The molecule has 1 amide bonds. The van der Waals surface area contributed by atoms with E-state index in [9.17, 15) is 23.3 Å². The zero-order valence-corrected chi connectivity index (χ0v) is 30.5. The highest BCUT2D eigenvalue weighted by atomic mass is 35.5. The summed E-state index contributed by atoms with van der Waals surface area (Å²) in [7, 11) is -4.46. The molecular formula is C40H35ClN6O6S. The van der Waals surface area contributed by atoms with Crippen LogP contribution in [0.3, 0.4) is 0 Å². The molecular weight excluding hydrogens is 728 g/mol. The third kappa shape index (κ3) is 7.13. The number of fused-ring (bicyclic) bond motifs is 2. The second-order valence-electron chi connectivity index (χ2n) is 13.4. The van der Waals surface area contributed by atoms with E-state index < -0.39 is 31.4 Å². The second kappa shape index (κ2) is 14.6. The number of amides is 1. The van der Waals surface area contributed by atoms with E-state index >= 15 is 0 Å². The normalized spacial score (nSPS) is 16.2. The van der Waals surface area contributed by atoms with Crippen LogP contribution in [-0.4, -0.2) is 60.3 Å². The molecule has 1 aliphatic heterocycles. The number of nitrogens with one attached hydrogen (secondary N) is 2. The van der Waals surface area contributed by atoms with Crippen LogP contribution in [-0.2, 0) is 16.4 Å². The predicted octanol–water partition coefficient (Wildman–Crippen LogP) is 7.90. The molecule has 0 bridgehead atoms. The summed E-state index contributed by atoms with van der Waals surface area (Å²) >= 11 is 6.22. The standard InChI is InChI=1S/C40H35ClN6O6S/c41-29-12-10-26(11-13-29)34-8-1-4-27-5-2-9-36(38(27)34)46-20-18-45(19-21-46)30-14-15-35(37(24-30)53-32-22-28-16-17-42-39(28)43-25-32)40(48)44-54(51,52)33-7-3-6-31(23-33)47(49)50/h1,3-4,6-8,10-17,22-25,36H,2,5,9,18-21H2,(H,42,43)(H,44,48). The molecule has 0 spiro atoms. The van der Waals surface area contributed by atoms with E-state index in [0.717, 1.165) is 68.1 Å². The molecule has 0 radical (unpaired) electrons. The van der Waals surface area contributed by atoms with Gasteiger partial charge in [0.05, 0.1) is 21.6 Å². The highest BCUT2D eigenvalue weighted by Crippen LogP contribution is 2.42. The summed E-state index contributed by atoms with van der Waals surface area (Å²) in [4.78, 5) is 36.0. The van der Waals surface area contributed by atoms with Crippen LogP contribution in [0.5, 0.6) is 11.5 Å². The monoisotopic (exact) mass is 762 g/mol. The molecule has 2 aliphatic rings. The Labute approximate surface area is 316 Å². The van der Waals surface area contributed by atoms with E-state index in [1.807, 2.05) is 18.2 Å². The number of aromatic nitrogens is 2. The Morgan fingerprint density at radius 2 is 1.76 bits per heavy atom. The van der Waals surface area contributed by atoms with Crippen molar-refractivity contribution < 1.29 is 22.9 Å². The fourth-order valence-electron chi connectivity index (χ4n) is 7.48. The van der Waals surface area contributed by atoms with Crippen molar-refractivity contribution in [2.75, 3.05) is 31.1 Å². The number of ether oxygens (including phenoxy) is 1. The molecule has 54 heavy (non-hydrogen) atoms. The summed E-state index contributed by atoms with van der Waals surface area (Å²) in [5, 5.41) is 12.8. The molecule has 12 nitrogen and oxygen atoms in total. The number of halogens is 1. The molecule has 1 fully saturated rings. The van der Waals surface area contributed by atoms with E-state index in [1.54, 1.807) is 24.4 Å². The number of anilines is 1. The van der Waals surface area contributed by atoms with Crippen LogP contribution >= 0.6 is 11.6 Å². The number of aromatic amines is 1. The van der Waals surface area contributed by atoms with Gasteiger partial charge in [0.2, 0.25) is 0 Å². The maximum Gasteiger partial charge on any atom is 0.270 e. The number of pyridine rings is 1. The van der Waals surface area contributed by atoms with Crippen LogP contribution in [0.25, 0.3) is 22.2 Å². The van der Waals surface area contributed by atoms with Crippen LogP contribution in [0.2, 0.25) is 5.02 Å². The van der Waals surface area contributed by atoms with Crippen molar-refractivity contribution in [1.82, 2.24) is 19.6 Å². The summed E-state index contributed by atoms with van der Waals surface area (Å²) < 4.78 is 34.8. The maximum atomic E-state index is 13.6. The van der Waals surface area contributed by atoms with Crippen molar-refractivity contribution in [3.8, 4) is 22.6 Å². The van der Waals surface area contributed by atoms with Gasteiger partial charge in [0, 0.05) is 72.7 Å². The molecule has 2 N–H and O–H groups in total. The first-order valence-corrected chi connectivity index (χ1v) is 19.4. The van der Waals surface area contributed by atoms with Gasteiger partial charge in [0.25, 0.3) is 21.6 Å². The Hall–Kier alpha value is -5.76. The van der Waals surface area contributed by atoms with E-state index in [-0.39, 0.29) is 17.4 Å². The summed E-state index contributed by atoms with van der Waals surface area (Å²) in [6.45, 7) is 3.07. The largest absolute Gasteiger partial charge is 0.455 e. The molecule has 3 heterocycles. The number of sulfonamides is 1. The smallest absolute Gasteiger partial charge is 0.270 e. The first-order chi connectivity index (χ1) is 26.1. The Kier molecular flexibility index (Phi) is 9.52. The van der Waals surface area contributed by atoms with Crippen molar-refractivity contribution in [2.24, 2.45) is 0 Å². The van der Waals surface area contributed by atoms with Crippen molar-refractivity contribution >= 4 is 49.9 Å². The van der Waals surface area contributed by atoms with Crippen molar-refractivity contribution in [2.45, 2.75) is 30.2 Å². The van der Waals surface area contributed by atoms with Crippen molar-refractivity contribution in [1.29, 1.82) is 0 Å². The summed E-state index contributed by atoms with van der Waals surface area (Å²) in [5.41, 5.74) is 6.19. The van der Waals surface area contributed by atoms with Gasteiger partial charge in [-0.2, -0.15) is 0 Å². The number of benzene rings is 4. The molecule has 2 aromatic heterocycles. The number of aryl methyl sites for hydroxylation is 1. The van der Waals surface area contributed by atoms with Gasteiger partial charge in [-0.3, -0.25) is 19.8 Å². The molecule has 6 aromatic rings. The van der Waals surface area contributed by atoms with Crippen molar-refractivity contribution in [3.63, 3.8) is 0 Å².